The minimum atomic E-state index is -3.70. The first-order valence-electron chi connectivity index (χ1n) is 12.3. The lowest BCUT2D eigenvalue weighted by molar-refractivity contribution is -0.176. The fourth-order valence-corrected chi connectivity index (χ4v) is 7.06. The zero-order valence-corrected chi connectivity index (χ0v) is 21.1. The average molecular weight is 519 g/mol. The Balaban J connectivity index is 1.19. The number of fused-ring (bicyclic) bond motifs is 2. The number of Topliss-reactive ketones (excluding diaryl/α,β-unsaturated/α-hetero) is 1. The van der Waals surface area contributed by atoms with Gasteiger partial charge in [0.1, 0.15) is 11.6 Å². The predicted octanol–water partition coefficient (Wildman–Crippen LogP) is 3.02. The largest absolute Gasteiger partial charge is 0.497 e. The van der Waals surface area contributed by atoms with Crippen molar-refractivity contribution in [2.45, 2.75) is 29.9 Å². The Hall–Kier alpha value is -2.37. The van der Waals surface area contributed by atoms with Crippen molar-refractivity contribution >= 4 is 15.8 Å². The highest BCUT2D eigenvalue weighted by atomic mass is 32.2. The van der Waals surface area contributed by atoms with Crippen molar-refractivity contribution in [1.29, 1.82) is 0 Å². The number of halogens is 1. The van der Waals surface area contributed by atoms with Gasteiger partial charge in [0.25, 0.3) is 0 Å². The van der Waals surface area contributed by atoms with Crippen LogP contribution in [0.4, 0.5) is 4.39 Å². The standard InChI is InChI=1S/C26H31FN2O6S/c1-33-22-7-8-24-23(17-22)26(34-15-16-35-26)18-29(36(24,31)32)12-2-11-28-13-9-20(10-14-28)25(30)19-3-5-21(27)6-4-19/h3-8,17,20H,2,9-16,18H2,1H3. The van der Waals surface area contributed by atoms with Crippen LogP contribution in [-0.4, -0.2) is 76.5 Å². The third-order valence-electron chi connectivity index (χ3n) is 7.32. The minimum Gasteiger partial charge on any atom is -0.497 e. The molecule has 1 spiro atoms. The van der Waals surface area contributed by atoms with Gasteiger partial charge in [-0.3, -0.25) is 4.79 Å². The van der Waals surface area contributed by atoms with Crippen molar-refractivity contribution in [3.63, 3.8) is 0 Å². The lowest BCUT2D eigenvalue weighted by Gasteiger charge is -2.39. The number of hydrogen-bond donors (Lipinski definition) is 0. The first-order valence-corrected chi connectivity index (χ1v) is 13.8. The van der Waals surface area contributed by atoms with Gasteiger partial charge in [-0.15, -0.1) is 0 Å². The van der Waals surface area contributed by atoms with Crippen molar-refractivity contribution in [2.24, 2.45) is 5.92 Å². The molecule has 0 amide bonds. The minimum absolute atomic E-state index is 0.0613. The summed E-state index contributed by atoms with van der Waals surface area (Å²) in [6.07, 6.45) is 2.12. The van der Waals surface area contributed by atoms with E-state index in [0.717, 1.165) is 32.5 Å². The number of carbonyl (C=O) groups excluding carboxylic acids is 1. The van der Waals surface area contributed by atoms with Crippen LogP contribution >= 0.6 is 0 Å². The molecule has 194 valence electrons. The zero-order valence-electron chi connectivity index (χ0n) is 20.3. The van der Waals surface area contributed by atoms with Crippen LogP contribution in [-0.2, 0) is 25.3 Å². The second-order valence-corrected chi connectivity index (χ2v) is 11.4. The highest BCUT2D eigenvalue weighted by Gasteiger charge is 2.50. The number of methoxy groups -OCH3 is 1. The van der Waals surface area contributed by atoms with Crippen LogP contribution in [0.1, 0.15) is 35.2 Å². The number of sulfonamides is 1. The van der Waals surface area contributed by atoms with E-state index in [9.17, 15) is 17.6 Å². The van der Waals surface area contributed by atoms with E-state index in [1.54, 1.807) is 30.3 Å². The molecule has 0 bridgehead atoms. The third-order valence-corrected chi connectivity index (χ3v) is 9.23. The van der Waals surface area contributed by atoms with Crippen LogP contribution in [0.3, 0.4) is 0 Å². The summed E-state index contributed by atoms with van der Waals surface area (Å²) in [7, 11) is -2.16. The van der Waals surface area contributed by atoms with E-state index in [1.807, 2.05) is 0 Å². The summed E-state index contributed by atoms with van der Waals surface area (Å²) < 4.78 is 58.6. The molecular weight excluding hydrogens is 487 g/mol. The van der Waals surface area contributed by atoms with Crippen LogP contribution in [0.2, 0.25) is 0 Å². The van der Waals surface area contributed by atoms with E-state index in [4.69, 9.17) is 14.2 Å². The van der Waals surface area contributed by atoms with Crippen molar-refractivity contribution in [3.8, 4) is 5.75 Å². The van der Waals surface area contributed by atoms with Gasteiger partial charge >= 0.3 is 0 Å². The first kappa shape index (κ1) is 25.3. The van der Waals surface area contributed by atoms with Gasteiger partial charge < -0.3 is 19.1 Å². The number of carbonyl (C=O) groups is 1. The molecule has 0 atom stereocenters. The first-order chi connectivity index (χ1) is 17.3. The Labute approximate surface area is 211 Å². The smallest absolute Gasteiger partial charge is 0.243 e. The number of ether oxygens (including phenoxy) is 3. The van der Waals surface area contributed by atoms with E-state index in [2.05, 4.69) is 4.90 Å². The highest BCUT2D eigenvalue weighted by molar-refractivity contribution is 7.89. The van der Waals surface area contributed by atoms with Crippen molar-refractivity contribution < 1.29 is 31.8 Å². The molecule has 0 aliphatic carbocycles. The van der Waals surface area contributed by atoms with Gasteiger partial charge in [-0.1, -0.05) is 0 Å². The van der Waals surface area contributed by atoms with Crippen LogP contribution in [0.5, 0.6) is 5.75 Å². The molecule has 3 aliphatic rings. The Kier molecular flexibility index (Phi) is 7.15. The Bertz CT molecular complexity index is 1210. The molecule has 5 rings (SSSR count). The lowest BCUT2D eigenvalue weighted by Crippen LogP contribution is -2.50. The average Bonchev–Trinajstić information content (AvgIpc) is 3.37. The van der Waals surface area contributed by atoms with Crippen LogP contribution in [0.15, 0.2) is 47.4 Å². The molecule has 8 nitrogen and oxygen atoms in total. The topological polar surface area (TPSA) is 85.4 Å². The van der Waals surface area contributed by atoms with Gasteiger partial charge in [-0.25, -0.2) is 12.8 Å². The molecular formula is C26H31FN2O6S. The maximum Gasteiger partial charge on any atom is 0.243 e. The molecule has 2 saturated heterocycles. The number of benzene rings is 2. The predicted molar refractivity (Wildman–Crippen MR) is 130 cm³/mol. The molecule has 2 fully saturated rings. The summed E-state index contributed by atoms with van der Waals surface area (Å²) in [5, 5.41) is 0. The maximum atomic E-state index is 13.4. The van der Waals surface area contributed by atoms with Gasteiger partial charge in [0.2, 0.25) is 15.8 Å². The quantitative estimate of drug-likeness (QED) is 0.521. The van der Waals surface area contributed by atoms with Gasteiger partial charge in [0.05, 0.1) is 31.8 Å². The summed E-state index contributed by atoms with van der Waals surface area (Å²) in [5.74, 6) is -0.922. The molecule has 2 aromatic rings. The highest BCUT2D eigenvalue weighted by Crippen LogP contribution is 2.43. The second-order valence-electron chi connectivity index (χ2n) is 9.49. The summed E-state index contributed by atoms with van der Waals surface area (Å²) in [6, 6.07) is 10.6. The molecule has 3 aliphatic heterocycles. The Morgan fingerprint density at radius 1 is 1.08 bits per heavy atom. The lowest BCUT2D eigenvalue weighted by atomic mass is 9.89. The normalized spacial score (nSPS) is 21.9. The van der Waals surface area contributed by atoms with E-state index in [1.165, 1.54) is 23.5 Å². The number of hydrogen-bond acceptors (Lipinski definition) is 7. The zero-order chi connectivity index (χ0) is 25.3. The molecule has 0 aromatic heterocycles. The maximum absolute atomic E-state index is 13.4. The van der Waals surface area contributed by atoms with E-state index in [0.29, 0.717) is 43.1 Å². The monoisotopic (exact) mass is 518 g/mol. The third kappa shape index (κ3) is 4.80. The number of rotatable bonds is 7. The molecule has 0 unspecified atom stereocenters. The van der Waals surface area contributed by atoms with Crippen LogP contribution in [0, 0.1) is 11.7 Å². The van der Waals surface area contributed by atoms with Crippen LogP contribution < -0.4 is 4.74 Å². The number of likely N-dealkylation sites (tertiary alicyclic amines) is 1. The fourth-order valence-electron chi connectivity index (χ4n) is 5.34. The van der Waals surface area contributed by atoms with Crippen molar-refractivity contribution in [2.75, 3.05) is 53.0 Å². The summed E-state index contributed by atoms with van der Waals surface area (Å²) in [6.45, 7) is 3.51. The molecule has 2 aromatic carbocycles. The van der Waals surface area contributed by atoms with Crippen molar-refractivity contribution in [3.05, 3.63) is 59.4 Å². The van der Waals surface area contributed by atoms with Crippen LogP contribution in [0.25, 0.3) is 0 Å². The molecule has 36 heavy (non-hydrogen) atoms. The van der Waals surface area contributed by atoms with Gasteiger partial charge in [0.15, 0.2) is 5.78 Å². The summed E-state index contributed by atoms with van der Waals surface area (Å²) >= 11 is 0. The Morgan fingerprint density at radius 3 is 2.44 bits per heavy atom. The molecule has 0 radical (unpaired) electrons. The van der Waals surface area contributed by atoms with Crippen molar-refractivity contribution in [1.82, 2.24) is 9.21 Å². The summed E-state index contributed by atoms with van der Waals surface area (Å²) in [4.78, 5) is 15.2. The SMILES string of the molecule is COc1ccc2c(c1)C1(CN(CCCN3CCC(C(=O)c4ccc(F)cc4)CC3)S2(=O)=O)OCCO1. The van der Waals surface area contributed by atoms with E-state index in [-0.39, 0.29) is 29.0 Å². The van der Waals surface area contributed by atoms with Gasteiger partial charge in [0, 0.05) is 23.6 Å². The van der Waals surface area contributed by atoms with Gasteiger partial charge in [-0.2, -0.15) is 4.31 Å². The summed E-state index contributed by atoms with van der Waals surface area (Å²) in [5.41, 5.74) is 1.04. The number of ketones is 1. The molecule has 0 saturated carbocycles. The second kappa shape index (κ2) is 10.2. The Morgan fingerprint density at radius 2 is 1.78 bits per heavy atom. The molecule has 10 heteroatoms. The molecule has 0 N–H and O–H groups in total. The van der Waals surface area contributed by atoms with E-state index < -0.39 is 15.8 Å². The fraction of sp³-hybridized carbons (Fsp3) is 0.500. The number of nitrogens with zero attached hydrogens (tertiary/aromatic N) is 2. The molecule has 3 heterocycles. The van der Waals surface area contributed by atoms with E-state index >= 15 is 0 Å². The van der Waals surface area contributed by atoms with Gasteiger partial charge in [-0.05, 0) is 81.4 Å². The number of piperidine rings is 1.